The standard InChI is InChI=1S/C13H16ClIN2O/c1-8-4-5-17(7-12(8)16)13(18)9-2-3-11(15)10(14)6-9/h2-3,6,8,12H,4-5,7,16H2,1H3. The Balaban J connectivity index is 2.14. The predicted molar refractivity (Wildman–Crippen MR) is 81.8 cm³/mol. The maximum atomic E-state index is 12.3. The summed E-state index contributed by atoms with van der Waals surface area (Å²) in [5, 5.41) is 0.621. The van der Waals surface area contributed by atoms with E-state index in [9.17, 15) is 4.79 Å². The van der Waals surface area contributed by atoms with Crippen molar-refractivity contribution in [2.75, 3.05) is 13.1 Å². The van der Waals surface area contributed by atoms with Gasteiger partial charge in [-0.1, -0.05) is 18.5 Å². The Labute approximate surface area is 126 Å². The second-order valence-electron chi connectivity index (χ2n) is 4.81. The minimum Gasteiger partial charge on any atom is -0.337 e. The van der Waals surface area contributed by atoms with Crippen LogP contribution in [0.4, 0.5) is 0 Å². The van der Waals surface area contributed by atoms with Crippen LogP contribution in [0.5, 0.6) is 0 Å². The molecular weight excluding hydrogens is 363 g/mol. The number of likely N-dealkylation sites (tertiary alicyclic amines) is 1. The molecule has 1 aromatic rings. The number of rotatable bonds is 1. The fourth-order valence-electron chi connectivity index (χ4n) is 2.10. The Hall–Kier alpha value is -0.330. The lowest BCUT2D eigenvalue weighted by Gasteiger charge is -2.35. The third kappa shape index (κ3) is 2.97. The first-order valence-corrected chi connectivity index (χ1v) is 7.44. The first-order chi connectivity index (χ1) is 8.49. The fraction of sp³-hybridized carbons (Fsp3) is 0.462. The summed E-state index contributed by atoms with van der Waals surface area (Å²) in [4.78, 5) is 14.1. The summed E-state index contributed by atoms with van der Waals surface area (Å²) in [6, 6.07) is 5.49. The Morgan fingerprint density at radius 2 is 2.28 bits per heavy atom. The number of carbonyl (C=O) groups excluding carboxylic acids is 1. The minimum atomic E-state index is 0.0238. The number of benzene rings is 1. The molecule has 1 saturated heterocycles. The minimum absolute atomic E-state index is 0.0238. The highest BCUT2D eigenvalue weighted by Gasteiger charge is 2.27. The van der Waals surface area contributed by atoms with Crippen LogP contribution < -0.4 is 5.73 Å². The number of carbonyl (C=O) groups is 1. The molecule has 0 aliphatic carbocycles. The SMILES string of the molecule is CC1CCN(C(=O)c2ccc(I)c(Cl)c2)CC1N. The van der Waals surface area contributed by atoms with Gasteiger partial charge in [-0.25, -0.2) is 0 Å². The molecule has 2 unspecified atom stereocenters. The zero-order valence-corrected chi connectivity index (χ0v) is 13.1. The molecule has 1 aromatic carbocycles. The highest BCUT2D eigenvalue weighted by Crippen LogP contribution is 2.22. The molecule has 5 heteroatoms. The highest BCUT2D eigenvalue weighted by molar-refractivity contribution is 14.1. The summed E-state index contributed by atoms with van der Waals surface area (Å²) in [7, 11) is 0. The molecule has 2 rings (SSSR count). The number of hydrogen-bond acceptors (Lipinski definition) is 2. The first-order valence-electron chi connectivity index (χ1n) is 5.99. The van der Waals surface area contributed by atoms with Crippen molar-refractivity contribution in [1.82, 2.24) is 4.90 Å². The summed E-state index contributed by atoms with van der Waals surface area (Å²) >= 11 is 8.19. The van der Waals surface area contributed by atoms with Crippen molar-refractivity contribution >= 4 is 40.1 Å². The average molecular weight is 379 g/mol. The lowest BCUT2D eigenvalue weighted by atomic mass is 9.94. The molecule has 18 heavy (non-hydrogen) atoms. The molecule has 0 aromatic heterocycles. The van der Waals surface area contributed by atoms with Gasteiger partial charge >= 0.3 is 0 Å². The molecule has 98 valence electrons. The topological polar surface area (TPSA) is 46.3 Å². The first kappa shape index (κ1) is 14.1. The van der Waals surface area contributed by atoms with Crippen LogP contribution in [0, 0.1) is 9.49 Å². The zero-order valence-electron chi connectivity index (χ0n) is 10.2. The predicted octanol–water partition coefficient (Wildman–Crippen LogP) is 2.75. The molecule has 1 aliphatic rings. The molecule has 1 fully saturated rings. The van der Waals surface area contributed by atoms with Crippen molar-refractivity contribution in [3.05, 3.63) is 32.4 Å². The Morgan fingerprint density at radius 3 is 2.89 bits per heavy atom. The molecule has 0 radical (unpaired) electrons. The van der Waals surface area contributed by atoms with Crippen LogP contribution in [0.25, 0.3) is 0 Å². The Bertz CT molecular complexity index is 466. The fourth-order valence-corrected chi connectivity index (χ4v) is 2.61. The smallest absolute Gasteiger partial charge is 0.253 e. The van der Waals surface area contributed by atoms with E-state index in [2.05, 4.69) is 29.5 Å². The van der Waals surface area contributed by atoms with Crippen molar-refractivity contribution in [1.29, 1.82) is 0 Å². The number of piperidine rings is 1. The van der Waals surface area contributed by atoms with E-state index in [4.69, 9.17) is 17.3 Å². The third-order valence-electron chi connectivity index (χ3n) is 3.47. The molecule has 2 N–H and O–H groups in total. The van der Waals surface area contributed by atoms with Crippen molar-refractivity contribution in [2.45, 2.75) is 19.4 Å². The van der Waals surface area contributed by atoms with Gasteiger partial charge in [-0.15, -0.1) is 0 Å². The van der Waals surface area contributed by atoms with Crippen LogP contribution >= 0.6 is 34.2 Å². The van der Waals surface area contributed by atoms with Crippen molar-refractivity contribution < 1.29 is 4.79 Å². The molecule has 0 spiro atoms. The van der Waals surface area contributed by atoms with Gasteiger partial charge < -0.3 is 10.6 Å². The summed E-state index contributed by atoms with van der Waals surface area (Å²) < 4.78 is 0.954. The molecule has 2 atom stereocenters. The van der Waals surface area contributed by atoms with E-state index in [1.807, 2.05) is 17.0 Å². The molecule has 3 nitrogen and oxygen atoms in total. The zero-order chi connectivity index (χ0) is 13.3. The second kappa shape index (κ2) is 5.75. The van der Waals surface area contributed by atoms with E-state index < -0.39 is 0 Å². The summed E-state index contributed by atoms with van der Waals surface area (Å²) in [5.41, 5.74) is 6.66. The number of hydrogen-bond donors (Lipinski definition) is 1. The van der Waals surface area contributed by atoms with E-state index in [0.717, 1.165) is 16.5 Å². The van der Waals surface area contributed by atoms with Crippen LogP contribution in [0.15, 0.2) is 18.2 Å². The van der Waals surface area contributed by atoms with E-state index in [1.54, 1.807) is 6.07 Å². The molecule has 1 heterocycles. The number of amides is 1. The Kier molecular flexibility index (Phi) is 4.50. The van der Waals surface area contributed by atoms with Crippen LogP contribution in [0.1, 0.15) is 23.7 Å². The van der Waals surface area contributed by atoms with Crippen LogP contribution in [-0.2, 0) is 0 Å². The van der Waals surface area contributed by atoms with Crippen molar-refractivity contribution in [3.63, 3.8) is 0 Å². The van der Waals surface area contributed by atoms with Crippen LogP contribution in [0.3, 0.4) is 0 Å². The number of nitrogens with two attached hydrogens (primary N) is 1. The van der Waals surface area contributed by atoms with Crippen molar-refractivity contribution in [3.8, 4) is 0 Å². The van der Waals surface area contributed by atoms with Gasteiger partial charge in [0.1, 0.15) is 0 Å². The molecule has 1 amide bonds. The molecular formula is C13H16ClIN2O. The number of halogens is 2. The lowest BCUT2D eigenvalue weighted by molar-refractivity contribution is 0.0672. The molecule has 1 aliphatic heterocycles. The van der Waals surface area contributed by atoms with Gasteiger partial charge in [-0.2, -0.15) is 0 Å². The second-order valence-corrected chi connectivity index (χ2v) is 6.38. The highest BCUT2D eigenvalue weighted by atomic mass is 127. The summed E-state index contributed by atoms with van der Waals surface area (Å²) in [5.74, 6) is 0.505. The summed E-state index contributed by atoms with van der Waals surface area (Å²) in [6.45, 7) is 3.54. The average Bonchev–Trinajstić information content (AvgIpc) is 2.35. The maximum Gasteiger partial charge on any atom is 0.253 e. The lowest BCUT2D eigenvalue weighted by Crippen LogP contribution is -2.49. The van der Waals surface area contributed by atoms with Crippen molar-refractivity contribution in [2.24, 2.45) is 11.7 Å². The van der Waals surface area contributed by atoms with Gasteiger partial charge in [-0.3, -0.25) is 4.79 Å². The third-order valence-corrected chi connectivity index (χ3v) is 5.04. The molecule has 0 saturated carbocycles. The largest absolute Gasteiger partial charge is 0.337 e. The van der Waals surface area contributed by atoms with Gasteiger partial charge in [0.25, 0.3) is 5.91 Å². The normalized spacial score (nSPS) is 24.1. The Morgan fingerprint density at radius 1 is 1.56 bits per heavy atom. The van der Waals surface area contributed by atoms with Gasteiger partial charge in [-0.05, 0) is 53.1 Å². The van der Waals surface area contributed by atoms with Gasteiger partial charge in [0, 0.05) is 28.3 Å². The number of nitrogens with zero attached hydrogens (tertiary/aromatic N) is 1. The van der Waals surface area contributed by atoms with E-state index in [0.29, 0.717) is 23.0 Å². The maximum absolute atomic E-state index is 12.3. The van der Waals surface area contributed by atoms with E-state index in [-0.39, 0.29) is 11.9 Å². The molecule has 0 bridgehead atoms. The quantitative estimate of drug-likeness (QED) is 0.764. The monoisotopic (exact) mass is 378 g/mol. The van der Waals surface area contributed by atoms with Crippen LogP contribution in [0.2, 0.25) is 5.02 Å². The van der Waals surface area contributed by atoms with E-state index in [1.165, 1.54) is 0 Å². The van der Waals surface area contributed by atoms with Gasteiger partial charge in [0.2, 0.25) is 0 Å². The summed E-state index contributed by atoms with van der Waals surface area (Å²) in [6.07, 6.45) is 0.963. The van der Waals surface area contributed by atoms with Crippen LogP contribution in [-0.4, -0.2) is 29.9 Å². The van der Waals surface area contributed by atoms with Gasteiger partial charge in [0.05, 0.1) is 5.02 Å². The van der Waals surface area contributed by atoms with Gasteiger partial charge in [0.15, 0.2) is 0 Å². The van der Waals surface area contributed by atoms with E-state index >= 15 is 0 Å².